The van der Waals surface area contributed by atoms with Crippen molar-refractivity contribution in [3.8, 4) is 12.3 Å². The first-order chi connectivity index (χ1) is 8.60. The zero-order chi connectivity index (χ0) is 13.5. The van der Waals surface area contributed by atoms with E-state index in [1.54, 1.807) is 4.90 Å². The van der Waals surface area contributed by atoms with Crippen LogP contribution in [0.3, 0.4) is 0 Å². The molecule has 0 saturated carbocycles. The van der Waals surface area contributed by atoms with Crippen molar-refractivity contribution in [2.45, 2.75) is 45.6 Å². The average molecular weight is 250 g/mol. The Morgan fingerprint density at radius 1 is 1.56 bits per heavy atom. The maximum atomic E-state index is 12.3. The Bertz CT molecular complexity index is 346. The number of rotatable bonds is 5. The fourth-order valence-corrected chi connectivity index (χ4v) is 2.07. The maximum absolute atomic E-state index is 12.3. The predicted octanol–water partition coefficient (Wildman–Crippen LogP) is 1.16. The monoisotopic (exact) mass is 250 g/mol. The first-order valence-corrected chi connectivity index (χ1v) is 6.61. The first-order valence-electron chi connectivity index (χ1n) is 6.61. The minimum Gasteiger partial charge on any atom is -0.344 e. The van der Waals surface area contributed by atoms with E-state index in [0.717, 1.165) is 12.8 Å². The fraction of sp³-hybridized carbons (Fsp3) is 0.714. The zero-order valence-corrected chi connectivity index (χ0v) is 11.2. The SMILES string of the molecule is C#CCCCN1CCC(=O)NC(C(C)CC)C1=O. The van der Waals surface area contributed by atoms with E-state index in [-0.39, 0.29) is 23.8 Å². The van der Waals surface area contributed by atoms with E-state index < -0.39 is 0 Å². The van der Waals surface area contributed by atoms with Gasteiger partial charge in [-0.2, -0.15) is 0 Å². The van der Waals surface area contributed by atoms with E-state index >= 15 is 0 Å². The molecule has 100 valence electrons. The Morgan fingerprint density at radius 3 is 2.89 bits per heavy atom. The van der Waals surface area contributed by atoms with Crippen LogP contribution in [0, 0.1) is 18.3 Å². The number of carbonyl (C=O) groups is 2. The lowest BCUT2D eigenvalue weighted by Crippen LogP contribution is -2.48. The number of terminal acetylenes is 1. The second-order valence-electron chi connectivity index (χ2n) is 4.81. The van der Waals surface area contributed by atoms with Crippen LogP contribution < -0.4 is 5.32 Å². The molecule has 0 aromatic carbocycles. The summed E-state index contributed by atoms with van der Waals surface area (Å²) < 4.78 is 0. The van der Waals surface area contributed by atoms with Crippen LogP contribution >= 0.6 is 0 Å². The Hall–Kier alpha value is -1.50. The van der Waals surface area contributed by atoms with Gasteiger partial charge in [-0.15, -0.1) is 12.3 Å². The van der Waals surface area contributed by atoms with E-state index in [2.05, 4.69) is 11.2 Å². The molecule has 2 atom stereocenters. The van der Waals surface area contributed by atoms with E-state index in [4.69, 9.17) is 6.42 Å². The fourth-order valence-electron chi connectivity index (χ4n) is 2.07. The number of carbonyl (C=O) groups excluding carboxylic acids is 2. The molecule has 2 amide bonds. The van der Waals surface area contributed by atoms with E-state index in [1.165, 1.54) is 0 Å². The molecule has 0 aliphatic carbocycles. The van der Waals surface area contributed by atoms with Crippen molar-refractivity contribution in [3.63, 3.8) is 0 Å². The lowest BCUT2D eigenvalue weighted by Gasteiger charge is -2.27. The van der Waals surface area contributed by atoms with E-state index in [9.17, 15) is 9.59 Å². The van der Waals surface area contributed by atoms with Crippen LogP contribution in [0.1, 0.15) is 39.5 Å². The van der Waals surface area contributed by atoms with Crippen LogP contribution in [0.4, 0.5) is 0 Å². The number of unbranched alkanes of at least 4 members (excludes halogenated alkanes) is 1. The minimum absolute atomic E-state index is 0.0342. The number of amides is 2. The number of nitrogens with one attached hydrogen (secondary N) is 1. The molecule has 2 unspecified atom stereocenters. The van der Waals surface area contributed by atoms with Crippen molar-refractivity contribution in [2.24, 2.45) is 5.92 Å². The van der Waals surface area contributed by atoms with Gasteiger partial charge >= 0.3 is 0 Å². The van der Waals surface area contributed by atoms with Gasteiger partial charge in [-0.05, 0) is 12.3 Å². The van der Waals surface area contributed by atoms with Crippen LogP contribution in [0.15, 0.2) is 0 Å². The molecule has 1 heterocycles. The summed E-state index contributed by atoms with van der Waals surface area (Å²) in [6, 6.07) is -0.379. The highest BCUT2D eigenvalue weighted by atomic mass is 16.2. The van der Waals surface area contributed by atoms with Gasteiger partial charge in [0.25, 0.3) is 0 Å². The molecule has 4 nitrogen and oxygen atoms in total. The molecule has 18 heavy (non-hydrogen) atoms. The molecule has 0 bridgehead atoms. The van der Waals surface area contributed by atoms with Crippen LogP contribution in [-0.2, 0) is 9.59 Å². The van der Waals surface area contributed by atoms with Crippen molar-refractivity contribution in [1.82, 2.24) is 10.2 Å². The lowest BCUT2D eigenvalue weighted by molar-refractivity contribution is -0.135. The number of hydrogen-bond donors (Lipinski definition) is 1. The minimum atomic E-state index is -0.379. The molecule has 4 heteroatoms. The van der Waals surface area contributed by atoms with Gasteiger partial charge in [0.2, 0.25) is 11.8 Å². The molecule has 1 aliphatic rings. The van der Waals surface area contributed by atoms with Crippen LogP contribution in [-0.4, -0.2) is 35.8 Å². The summed E-state index contributed by atoms with van der Waals surface area (Å²) in [5.41, 5.74) is 0. The van der Waals surface area contributed by atoms with Gasteiger partial charge in [-0.3, -0.25) is 9.59 Å². The predicted molar refractivity (Wildman–Crippen MR) is 70.6 cm³/mol. The average Bonchev–Trinajstić information content (AvgIpc) is 2.50. The van der Waals surface area contributed by atoms with Crippen LogP contribution in [0.5, 0.6) is 0 Å². The van der Waals surface area contributed by atoms with E-state index in [1.807, 2.05) is 13.8 Å². The molecule has 1 saturated heterocycles. The summed E-state index contributed by atoms with van der Waals surface area (Å²) in [5.74, 6) is 2.73. The van der Waals surface area contributed by atoms with Crippen molar-refractivity contribution in [2.75, 3.05) is 13.1 Å². The smallest absolute Gasteiger partial charge is 0.245 e. The normalized spacial score (nSPS) is 22.1. The van der Waals surface area contributed by atoms with Gasteiger partial charge in [0, 0.05) is 25.9 Å². The highest BCUT2D eigenvalue weighted by Crippen LogP contribution is 2.14. The Kier molecular flexibility index (Phi) is 5.70. The highest BCUT2D eigenvalue weighted by Gasteiger charge is 2.32. The van der Waals surface area contributed by atoms with Crippen molar-refractivity contribution < 1.29 is 9.59 Å². The lowest BCUT2D eigenvalue weighted by atomic mass is 9.98. The number of nitrogens with zero attached hydrogens (tertiary/aromatic N) is 1. The highest BCUT2D eigenvalue weighted by molar-refractivity contribution is 5.90. The maximum Gasteiger partial charge on any atom is 0.245 e. The molecular formula is C14H22N2O2. The zero-order valence-electron chi connectivity index (χ0n) is 11.2. The van der Waals surface area contributed by atoms with E-state index in [0.29, 0.717) is 25.9 Å². The molecule has 0 radical (unpaired) electrons. The molecular weight excluding hydrogens is 228 g/mol. The molecule has 0 aromatic rings. The molecule has 0 aromatic heterocycles. The largest absolute Gasteiger partial charge is 0.344 e. The van der Waals surface area contributed by atoms with Gasteiger partial charge < -0.3 is 10.2 Å². The summed E-state index contributed by atoms with van der Waals surface area (Å²) in [5, 5.41) is 2.83. The molecule has 1 rings (SSSR count). The standard InChI is InChI=1S/C14H22N2O2/c1-4-6-7-9-16-10-8-12(17)15-13(14(16)18)11(3)5-2/h1,11,13H,5-10H2,2-3H3,(H,15,17). The van der Waals surface area contributed by atoms with Crippen molar-refractivity contribution in [1.29, 1.82) is 0 Å². The second-order valence-corrected chi connectivity index (χ2v) is 4.81. The van der Waals surface area contributed by atoms with Gasteiger partial charge in [0.05, 0.1) is 0 Å². The van der Waals surface area contributed by atoms with Gasteiger partial charge in [-0.1, -0.05) is 20.3 Å². The number of hydrogen-bond acceptors (Lipinski definition) is 2. The Morgan fingerprint density at radius 2 is 2.28 bits per heavy atom. The second kappa shape index (κ2) is 7.05. The van der Waals surface area contributed by atoms with Gasteiger partial charge in [0.15, 0.2) is 0 Å². The summed E-state index contributed by atoms with van der Waals surface area (Å²) in [6.07, 6.45) is 7.92. The summed E-state index contributed by atoms with van der Waals surface area (Å²) in [6.45, 7) is 5.17. The van der Waals surface area contributed by atoms with Crippen LogP contribution in [0.2, 0.25) is 0 Å². The van der Waals surface area contributed by atoms with Gasteiger partial charge in [-0.25, -0.2) is 0 Å². The molecule has 0 spiro atoms. The summed E-state index contributed by atoms with van der Waals surface area (Å²) >= 11 is 0. The molecule has 1 fully saturated rings. The Balaban J connectivity index is 2.70. The Labute approximate surface area is 109 Å². The quantitative estimate of drug-likeness (QED) is 0.588. The van der Waals surface area contributed by atoms with Crippen molar-refractivity contribution in [3.05, 3.63) is 0 Å². The van der Waals surface area contributed by atoms with Gasteiger partial charge in [0.1, 0.15) is 6.04 Å². The third-order valence-electron chi connectivity index (χ3n) is 3.47. The third kappa shape index (κ3) is 3.76. The van der Waals surface area contributed by atoms with Crippen molar-refractivity contribution >= 4 is 11.8 Å². The summed E-state index contributed by atoms with van der Waals surface area (Å²) in [7, 11) is 0. The summed E-state index contributed by atoms with van der Waals surface area (Å²) in [4.78, 5) is 25.7. The molecule has 1 aliphatic heterocycles. The topological polar surface area (TPSA) is 49.4 Å². The third-order valence-corrected chi connectivity index (χ3v) is 3.47. The first kappa shape index (κ1) is 14.6. The molecule has 1 N–H and O–H groups in total. The van der Waals surface area contributed by atoms with Crippen LogP contribution in [0.25, 0.3) is 0 Å².